The molecule has 0 unspecified atom stereocenters. The zero-order valence-corrected chi connectivity index (χ0v) is 15.4. The minimum Gasteiger partial charge on any atom is -0.493 e. The molecule has 0 spiro atoms. The summed E-state index contributed by atoms with van der Waals surface area (Å²) in [5.41, 5.74) is -2.48. The number of rotatable bonds is 5. The summed E-state index contributed by atoms with van der Waals surface area (Å²) in [5, 5.41) is 20.6. The maximum atomic E-state index is 12.5. The first-order valence-electron chi connectivity index (χ1n) is 8.07. The Balaban J connectivity index is 1.90. The molecule has 10 nitrogen and oxygen atoms in total. The van der Waals surface area contributed by atoms with E-state index >= 15 is 0 Å². The number of carbonyl (C=O) groups is 2. The van der Waals surface area contributed by atoms with Crippen LogP contribution in [-0.2, 0) is 4.79 Å². The van der Waals surface area contributed by atoms with Gasteiger partial charge >= 0.3 is 11.6 Å². The summed E-state index contributed by atoms with van der Waals surface area (Å²) in [6.07, 6.45) is 1.41. The van der Waals surface area contributed by atoms with E-state index in [1.807, 2.05) is 9.97 Å². The van der Waals surface area contributed by atoms with Crippen molar-refractivity contribution in [2.75, 3.05) is 0 Å². The second kappa shape index (κ2) is 8.71. The molecule has 0 bridgehead atoms. The SMILES string of the molecule is O=C(N=Nc1c(O)[nH]c(=O)[nH]c1=O)/C(=C/c1cccs1)NC(=O)c1ccccc1. The minimum absolute atomic E-state index is 0.189. The molecular weight excluding hydrogens is 398 g/mol. The molecule has 4 N–H and O–H groups in total. The molecule has 0 atom stereocenters. The number of carbonyl (C=O) groups excluding carboxylic acids is 2. The van der Waals surface area contributed by atoms with Gasteiger partial charge < -0.3 is 10.4 Å². The van der Waals surface area contributed by atoms with Gasteiger partial charge in [0.2, 0.25) is 11.6 Å². The molecule has 0 fully saturated rings. The fourth-order valence-electron chi connectivity index (χ4n) is 2.16. The van der Waals surface area contributed by atoms with Crippen molar-refractivity contribution >= 4 is 34.9 Å². The minimum atomic E-state index is -1.03. The number of nitrogens with zero attached hydrogens (tertiary/aromatic N) is 2. The van der Waals surface area contributed by atoms with E-state index in [0.29, 0.717) is 10.4 Å². The second-order valence-corrected chi connectivity index (χ2v) is 6.48. The van der Waals surface area contributed by atoms with Crippen molar-refractivity contribution in [3.05, 3.63) is 84.8 Å². The van der Waals surface area contributed by atoms with Crippen molar-refractivity contribution in [2.45, 2.75) is 0 Å². The largest absolute Gasteiger partial charge is 0.493 e. The van der Waals surface area contributed by atoms with Gasteiger partial charge in [0.25, 0.3) is 11.5 Å². The molecule has 2 amide bonds. The molecule has 1 aromatic carbocycles. The molecule has 0 aliphatic carbocycles. The normalized spacial score (nSPS) is 11.5. The summed E-state index contributed by atoms with van der Waals surface area (Å²) in [6, 6.07) is 11.7. The van der Waals surface area contributed by atoms with Crippen molar-refractivity contribution in [1.82, 2.24) is 15.3 Å². The van der Waals surface area contributed by atoms with Crippen LogP contribution in [0.25, 0.3) is 6.08 Å². The molecular formula is C18H13N5O5S. The number of benzene rings is 1. The highest BCUT2D eigenvalue weighted by molar-refractivity contribution is 7.10. The van der Waals surface area contributed by atoms with Gasteiger partial charge in [-0.2, -0.15) is 0 Å². The van der Waals surface area contributed by atoms with Gasteiger partial charge in [-0.15, -0.1) is 21.6 Å². The molecule has 0 aliphatic rings. The Morgan fingerprint density at radius 1 is 1.07 bits per heavy atom. The van der Waals surface area contributed by atoms with Gasteiger partial charge in [-0.3, -0.25) is 24.4 Å². The Morgan fingerprint density at radius 3 is 2.48 bits per heavy atom. The lowest BCUT2D eigenvalue weighted by Gasteiger charge is -2.06. The first-order valence-corrected chi connectivity index (χ1v) is 8.95. The van der Waals surface area contributed by atoms with E-state index in [1.165, 1.54) is 17.4 Å². The molecule has 11 heteroatoms. The van der Waals surface area contributed by atoms with Crippen LogP contribution in [0.4, 0.5) is 5.69 Å². The van der Waals surface area contributed by atoms with Crippen molar-refractivity contribution in [3.8, 4) is 5.88 Å². The third-order valence-corrected chi connectivity index (χ3v) is 4.30. The predicted molar refractivity (Wildman–Crippen MR) is 105 cm³/mol. The Kier molecular flexibility index (Phi) is 5.90. The number of thiophene rings is 1. The summed E-state index contributed by atoms with van der Waals surface area (Å²) in [6.45, 7) is 0. The number of azo groups is 1. The summed E-state index contributed by atoms with van der Waals surface area (Å²) in [5.74, 6) is -2.35. The summed E-state index contributed by atoms with van der Waals surface area (Å²) in [7, 11) is 0. The van der Waals surface area contributed by atoms with Crippen molar-refractivity contribution in [3.63, 3.8) is 0 Å². The standard InChI is InChI=1S/C18H13N5O5S/c24-14(10-5-2-1-3-6-10)19-12(9-11-7-4-8-29-11)15(25)23-22-13-16(26)20-18(28)21-17(13)27/h1-9H,(H,19,24)(H3,20,21,26,27,28)/b12-9-,23-22?. The molecule has 146 valence electrons. The molecule has 3 aromatic rings. The number of hydrogen-bond acceptors (Lipinski definition) is 7. The van der Waals surface area contributed by atoms with Crippen LogP contribution in [0.1, 0.15) is 15.2 Å². The number of aromatic hydroxyl groups is 1. The van der Waals surface area contributed by atoms with Crippen LogP contribution in [0.3, 0.4) is 0 Å². The van der Waals surface area contributed by atoms with E-state index in [0.717, 1.165) is 0 Å². The number of amides is 2. The van der Waals surface area contributed by atoms with Crippen LogP contribution in [0.15, 0.2) is 73.4 Å². The lowest BCUT2D eigenvalue weighted by atomic mass is 10.2. The highest BCUT2D eigenvalue weighted by Gasteiger charge is 2.16. The number of aromatic amines is 2. The Morgan fingerprint density at radius 2 is 1.83 bits per heavy atom. The van der Waals surface area contributed by atoms with Crippen molar-refractivity contribution < 1.29 is 14.7 Å². The fraction of sp³-hybridized carbons (Fsp3) is 0. The highest BCUT2D eigenvalue weighted by Crippen LogP contribution is 2.17. The lowest BCUT2D eigenvalue weighted by molar-refractivity contribution is -0.115. The predicted octanol–water partition coefficient (Wildman–Crippen LogP) is 1.91. The van der Waals surface area contributed by atoms with Crippen LogP contribution in [0, 0.1) is 0 Å². The molecule has 0 saturated carbocycles. The van der Waals surface area contributed by atoms with Gasteiger partial charge in [-0.1, -0.05) is 24.3 Å². The van der Waals surface area contributed by atoms with E-state index in [2.05, 4.69) is 15.5 Å². The van der Waals surface area contributed by atoms with E-state index in [9.17, 15) is 24.3 Å². The van der Waals surface area contributed by atoms with Gasteiger partial charge in [0.15, 0.2) is 0 Å². The Bertz CT molecular complexity index is 1210. The smallest absolute Gasteiger partial charge is 0.328 e. The number of hydrogen-bond donors (Lipinski definition) is 4. The first-order chi connectivity index (χ1) is 13.9. The van der Waals surface area contributed by atoms with Crippen LogP contribution in [-0.4, -0.2) is 26.9 Å². The average molecular weight is 411 g/mol. The van der Waals surface area contributed by atoms with Gasteiger partial charge in [-0.25, -0.2) is 4.79 Å². The summed E-state index contributed by atoms with van der Waals surface area (Å²) in [4.78, 5) is 52.1. The third kappa shape index (κ3) is 4.99. The third-order valence-electron chi connectivity index (χ3n) is 3.48. The monoisotopic (exact) mass is 411 g/mol. The maximum absolute atomic E-state index is 12.5. The van der Waals surface area contributed by atoms with E-state index in [4.69, 9.17) is 0 Å². The second-order valence-electron chi connectivity index (χ2n) is 5.50. The van der Waals surface area contributed by atoms with Crippen LogP contribution in [0.5, 0.6) is 5.88 Å². The van der Waals surface area contributed by atoms with Gasteiger partial charge in [0.05, 0.1) is 0 Å². The van der Waals surface area contributed by atoms with Crippen LogP contribution < -0.4 is 16.6 Å². The molecule has 0 aliphatic heterocycles. The first kappa shape index (κ1) is 19.6. The number of H-pyrrole nitrogens is 2. The van der Waals surface area contributed by atoms with E-state index in [-0.39, 0.29) is 5.70 Å². The van der Waals surface area contributed by atoms with Crippen molar-refractivity contribution in [1.29, 1.82) is 0 Å². The lowest BCUT2D eigenvalue weighted by Crippen LogP contribution is -2.26. The van der Waals surface area contributed by atoms with E-state index < -0.39 is 34.6 Å². The molecule has 2 heterocycles. The van der Waals surface area contributed by atoms with Gasteiger partial charge in [0, 0.05) is 10.4 Å². The van der Waals surface area contributed by atoms with Crippen LogP contribution in [0.2, 0.25) is 0 Å². The quantitative estimate of drug-likeness (QED) is 0.372. The summed E-state index contributed by atoms with van der Waals surface area (Å²) >= 11 is 1.33. The zero-order chi connectivity index (χ0) is 20.8. The average Bonchev–Trinajstić information content (AvgIpc) is 3.20. The summed E-state index contributed by atoms with van der Waals surface area (Å²) < 4.78 is 0. The molecule has 0 radical (unpaired) electrons. The maximum Gasteiger partial charge on any atom is 0.328 e. The highest BCUT2D eigenvalue weighted by atomic mass is 32.1. The number of nitrogens with one attached hydrogen (secondary N) is 3. The van der Waals surface area contributed by atoms with Gasteiger partial charge in [-0.05, 0) is 29.7 Å². The fourth-order valence-corrected chi connectivity index (χ4v) is 2.82. The molecule has 2 aromatic heterocycles. The molecule has 3 rings (SSSR count). The van der Waals surface area contributed by atoms with Crippen molar-refractivity contribution in [2.24, 2.45) is 10.2 Å². The molecule has 0 saturated heterocycles. The topological polar surface area (TPSA) is 157 Å². The van der Waals surface area contributed by atoms with E-state index in [1.54, 1.807) is 47.8 Å². The Labute approximate surface area is 166 Å². The van der Waals surface area contributed by atoms with Crippen LogP contribution >= 0.6 is 11.3 Å². The number of aromatic nitrogens is 2. The molecule has 29 heavy (non-hydrogen) atoms. The Hall–Kier alpha value is -4.12. The zero-order valence-electron chi connectivity index (χ0n) is 14.6. The van der Waals surface area contributed by atoms with Gasteiger partial charge in [0.1, 0.15) is 5.70 Å².